The minimum Gasteiger partial charge on any atom is -0.495 e. The van der Waals surface area contributed by atoms with E-state index in [0.717, 1.165) is 0 Å². The monoisotopic (exact) mass is 415 g/mol. The van der Waals surface area contributed by atoms with Gasteiger partial charge in [-0.2, -0.15) is 4.98 Å². The number of ether oxygens (including phenoxy) is 2. The Kier molecular flexibility index (Phi) is 3.41. The molecule has 9 heteroatoms. The molecule has 0 bridgehead atoms. The Labute approximate surface area is 172 Å². The first-order valence-electron chi connectivity index (χ1n) is 9.32. The summed E-state index contributed by atoms with van der Waals surface area (Å²) < 4.78 is 23.9. The fourth-order valence-corrected chi connectivity index (χ4v) is 3.96. The number of pyridine rings is 2. The number of benzene rings is 1. The molecule has 0 spiro atoms. The molecule has 0 N–H and O–H groups in total. The van der Waals surface area contributed by atoms with E-state index < -0.39 is 5.43 Å². The van der Waals surface area contributed by atoms with Crippen LogP contribution in [-0.2, 0) is 0 Å². The highest BCUT2D eigenvalue weighted by Crippen LogP contribution is 2.42. The third kappa shape index (κ3) is 2.19. The molecule has 0 radical (unpaired) electrons. The third-order valence-electron chi connectivity index (χ3n) is 5.33. The van der Waals surface area contributed by atoms with Gasteiger partial charge in [-0.25, -0.2) is 4.98 Å². The maximum absolute atomic E-state index is 13.5. The fraction of sp³-hybridized carbons (Fsp3) is 0.0909. The van der Waals surface area contributed by atoms with Gasteiger partial charge < -0.3 is 18.3 Å². The molecular formula is C22H13N3O6. The number of aromatic nitrogens is 3. The number of methoxy groups -OCH3 is 2. The van der Waals surface area contributed by atoms with E-state index in [-0.39, 0.29) is 44.4 Å². The molecule has 0 amide bonds. The van der Waals surface area contributed by atoms with Gasteiger partial charge in [0.2, 0.25) is 16.9 Å². The molecule has 0 fully saturated rings. The van der Waals surface area contributed by atoms with Crippen molar-refractivity contribution in [1.82, 2.24) is 14.4 Å². The van der Waals surface area contributed by atoms with Gasteiger partial charge in [-0.3, -0.25) is 14.0 Å². The highest BCUT2D eigenvalue weighted by atomic mass is 16.5. The van der Waals surface area contributed by atoms with Crippen LogP contribution in [0.25, 0.3) is 49.7 Å². The number of hydrogen-bond acceptors (Lipinski definition) is 8. The van der Waals surface area contributed by atoms with E-state index in [1.165, 1.54) is 30.9 Å². The molecule has 6 rings (SSSR count). The first-order valence-corrected chi connectivity index (χ1v) is 9.32. The van der Waals surface area contributed by atoms with Crippen molar-refractivity contribution in [1.29, 1.82) is 0 Å². The summed E-state index contributed by atoms with van der Waals surface area (Å²) in [6, 6.07) is 8.34. The van der Waals surface area contributed by atoms with Gasteiger partial charge in [0, 0.05) is 6.20 Å². The fourth-order valence-electron chi connectivity index (χ4n) is 3.96. The lowest BCUT2D eigenvalue weighted by Crippen LogP contribution is -2.16. The summed E-state index contributed by atoms with van der Waals surface area (Å²) in [5.41, 5.74) is 0.443. The van der Waals surface area contributed by atoms with E-state index in [1.54, 1.807) is 30.5 Å². The maximum atomic E-state index is 13.5. The van der Waals surface area contributed by atoms with Gasteiger partial charge >= 0.3 is 0 Å². The quantitative estimate of drug-likeness (QED) is 0.397. The van der Waals surface area contributed by atoms with Gasteiger partial charge in [0.15, 0.2) is 16.8 Å². The Morgan fingerprint density at radius 2 is 1.77 bits per heavy atom. The number of hydrogen-bond donors (Lipinski definition) is 0. The standard InChI is InChI=1S/C22H13N3O6/c1-28-16-10-6-8-30-17(10)19(29-2)18-14(16)15(26)11-9-12-20(24-21(11)31-18)23-13-5-3-4-7-25(13)22(12)27/h3-9H,1-2H3. The molecule has 5 heterocycles. The first kappa shape index (κ1) is 17.5. The van der Waals surface area contributed by atoms with E-state index in [0.29, 0.717) is 22.4 Å². The summed E-state index contributed by atoms with van der Waals surface area (Å²) in [4.78, 5) is 35.3. The molecular weight excluding hydrogens is 402 g/mol. The van der Waals surface area contributed by atoms with Crippen LogP contribution in [0.3, 0.4) is 0 Å². The largest absolute Gasteiger partial charge is 0.495 e. The minimum atomic E-state index is -0.401. The first-order chi connectivity index (χ1) is 15.1. The van der Waals surface area contributed by atoms with Gasteiger partial charge in [-0.1, -0.05) is 6.07 Å². The number of rotatable bonds is 2. The van der Waals surface area contributed by atoms with E-state index in [1.807, 2.05) is 0 Å². The maximum Gasteiger partial charge on any atom is 0.267 e. The zero-order chi connectivity index (χ0) is 21.3. The van der Waals surface area contributed by atoms with Crippen molar-refractivity contribution in [2.45, 2.75) is 0 Å². The average Bonchev–Trinajstić information content (AvgIpc) is 3.26. The van der Waals surface area contributed by atoms with Crippen LogP contribution in [0.15, 0.2) is 61.2 Å². The van der Waals surface area contributed by atoms with Crippen molar-refractivity contribution in [3.63, 3.8) is 0 Å². The number of nitrogens with zero attached hydrogens (tertiary/aromatic N) is 3. The second-order valence-corrected chi connectivity index (χ2v) is 6.92. The van der Waals surface area contributed by atoms with Crippen LogP contribution in [0.5, 0.6) is 11.5 Å². The van der Waals surface area contributed by atoms with Crippen LogP contribution in [0, 0.1) is 0 Å². The van der Waals surface area contributed by atoms with Crippen molar-refractivity contribution in [3.05, 3.63) is 63.4 Å². The van der Waals surface area contributed by atoms with Crippen LogP contribution in [-0.4, -0.2) is 28.6 Å². The molecule has 0 aliphatic carbocycles. The molecule has 0 aliphatic heterocycles. The van der Waals surface area contributed by atoms with E-state index in [2.05, 4.69) is 9.97 Å². The molecule has 31 heavy (non-hydrogen) atoms. The topological polar surface area (TPSA) is 109 Å². The summed E-state index contributed by atoms with van der Waals surface area (Å²) >= 11 is 0. The van der Waals surface area contributed by atoms with E-state index in [4.69, 9.17) is 18.3 Å². The van der Waals surface area contributed by atoms with Crippen LogP contribution >= 0.6 is 0 Å². The molecule has 1 aromatic carbocycles. The number of fused-ring (bicyclic) bond motifs is 5. The summed E-state index contributed by atoms with van der Waals surface area (Å²) in [5, 5.41) is 1.09. The molecule has 9 nitrogen and oxygen atoms in total. The lowest BCUT2D eigenvalue weighted by atomic mass is 10.1. The predicted molar refractivity (Wildman–Crippen MR) is 113 cm³/mol. The molecule has 0 unspecified atom stereocenters. The minimum absolute atomic E-state index is 0.0310. The van der Waals surface area contributed by atoms with Crippen molar-refractivity contribution in [2.24, 2.45) is 0 Å². The smallest absolute Gasteiger partial charge is 0.267 e. The molecule has 6 aromatic rings. The van der Waals surface area contributed by atoms with Gasteiger partial charge in [0.25, 0.3) is 5.56 Å². The molecule has 0 saturated carbocycles. The summed E-state index contributed by atoms with van der Waals surface area (Å²) in [7, 11) is 2.91. The Hall–Kier alpha value is -4.40. The van der Waals surface area contributed by atoms with Crippen molar-refractivity contribution < 1.29 is 18.3 Å². The SMILES string of the molecule is COc1c2occc2c(OC)c2c(=O)c3cc4c(=O)n5ccccc5nc4nc3oc12. The van der Waals surface area contributed by atoms with Crippen molar-refractivity contribution in [3.8, 4) is 11.5 Å². The number of furan rings is 1. The van der Waals surface area contributed by atoms with Gasteiger partial charge in [-0.15, -0.1) is 0 Å². The molecule has 5 aromatic heterocycles. The molecule has 152 valence electrons. The van der Waals surface area contributed by atoms with E-state index in [9.17, 15) is 9.59 Å². The Morgan fingerprint density at radius 1 is 0.935 bits per heavy atom. The summed E-state index contributed by atoms with van der Waals surface area (Å²) in [5.74, 6) is 0.548. The van der Waals surface area contributed by atoms with Gasteiger partial charge in [-0.05, 0) is 24.3 Å². The van der Waals surface area contributed by atoms with Crippen LogP contribution in [0.4, 0.5) is 0 Å². The normalized spacial score (nSPS) is 11.8. The summed E-state index contributed by atoms with van der Waals surface area (Å²) in [6.45, 7) is 0. The van der Waals surface area contributed by atoms with Crippen LogP contribution in [0.2, 0.25) is 0 Å². The van der Waals surface area contributed by atoms with Crippen molar-refractivity contribution in [2.75, 3.05) is 14.2 Å². The predicted octanol–water partition coefficient (Wildman–Crippen LogP) is 3.27. The lowest BCUT2D eigenvalue weighted by Gasteiger charge is -2.11. The van der Waals surface area contributed by atoms with E-state index >= 15 is 0 Å². The molecule has 0 aliphatic rings. The molecule has 0 saturated heterocycles. The van der Waals surface area contributed by atoms with Crippen LogP contribution in [0.1, 0.15) is 0 Å². The zero-order valence-electron chi connectivity index (χ0n) is 16.3. The highest BCUT2D eigenvalue weighted by Gasteiger charge is 2.24. The average molecular weight is 415 g/mol. The van der Waals surface area contributed by atoms with Gasteiger partial charge in [0.05, 0.1) is 36.6 Å². The Bertz CT molecular complexity index is 1810. The second kappa shape index (κ2) is 6.05. The molecule has 0 atom stereocenters. The van der Waals surface area contributed by atoms with Crippen LogP contribution < -0.4 is 20.5 Å². The highest BCUT2D eigenvalue weighted by molar-refractivity contribution is 6.09. The van der Waals surface area contributed by atoms with Gasteiger partial charge in [0.1, 0.15) is 16.8 Å². The Morgan fingerprint density at radius 3 is 2.58 bits per heavy atom. The Balaban J connectivity index is 1.87. The third-order valence-corrected chi connectivity index (χ3v) is 5.33. The second-order valence-electron chi connectivity index (χ2n) is 6.92. The summed E-state index contributed by atoms with van der Waals surface area (Å²) in [6.07, 6.45) is 3.09. The van der Waals surface area contributed by atoms with Crippen molar-refractivity contribution >= 4 is 49.7 Å². The lowest BCUT2D eigenvalue weighted by molar-refractivity contribution is 0.402. The zero-order valence-corrected chi connectivity index (χ0v) is 16.3.